The van der Waals surface area contributed by atoms with Crippen LogP contribution in [0.5, 0.6) is 0 Å². The number of allylic oxidation sites excluding steroid dienone is 4. The van der Waals surface area contributed by atoms with Gasteiger partial charge in [0, 0.05) is 0 Å². The van der Waals surface area contributed by atoms with Crippen molar-refractivity contribution in [3.63, 3.8) is 0 Å². The van der Waals surface area contributed by atoms with E-state index in [-0.39, 0.29) is 7.92 Å². The normalized spacial score (nSPS) is 19.7. The summed E-state index contributed by atoms with van der Waals surface area (Å²) in [5.74, 6) is 0.884. The van der Waals surface area contributed by atoms with E-state index < -0.39 is 20.8 Å². The molecular weight excluding hydrogens is 505 g/mol. The van der Waals surface area contributed by atoms with Crippen molar-refractivity contribution in [3.05, 3.63) is 66.6 Å². The second kappa shape index (κ2) is 14.3. The fourth-order valence-corrected chi connectivity index (χ4v) is 7.53. The van der Waals surface area contributed by atoms with Gasteiger partial charge < -0.3 is 0 Å². The minimum absolute atomic E-state index is 0.0252. The standard InChI is InChI=1S/C17H24P.C9H11.2ClH.Zr/c1-5-13(3)18(14(4)6-2)17-11-15-9-7-8-10-16(15)12-17;1-2-5-9-7-3-6-8(9)4-1;;;/h7-14H,5-6H2,1-4H3;1-2,4,6,9H,3,5,7H2;2*1H;/q2*-1;;;+4/p-2. The number of hydrogen-bond acceptors (Lipinski definition) is 0. The summed E-state index contributed by atoms with van der Waals surface area (Å²) in [6.07, 6.45) is 15.6. The van der Waals surface area contributed by atoms with Gasteiger partial charge in [0.05, 0.1) is 0 Å². The van der Waals surface area contributed by atoms with Crippen LogP contribution in [-0.2, 0) is 20.8 Å². The van der Waals surface area contributed by atoms with E-state index in [0.717, 1.165) is 17.2 Å². The van der Waals surface area contributed by atoms with Crippen molar-refractivity contribution in [1.82, 2.24) is 0 Å². The average molecular weight is 541 g/mol. The molecule has 1 saturated carbocycles. The molecule has 0 amide bonds. The molecule has 2 aromatic rings. The molecule has 2 aliphatic carbocycles. The Hall–Kier alpha value is 0.0731. The van der Waals surface area contributed by atoms with Crippen molar-refractivity contribution in [2.24, 2.45) is 5.92 Å². The zero-order chi connectivity index (χ0) is 21.9. The van der Waals surface area contributed by atoms with Gasteiger partial charge >= 0.3 is 37.9 Å². The van der Waals surface area contributed by atoms with Gasteiger partial charge in [0.2, 0.25) is 0 Å². The fraction of sp³-hybridized carbons (Fsp3) is 0.462. The summed E-state index contributed by atoms with van der Waals surface area (Å²) >= 11 is -0.826. The summed E-state index contributed by atoms with van der Waals surface area (Å²) in [5, 5.41) is 4.42. The van der Waals surface area contributed by atoms with Gasteiger partial charge in [-0.3, -0.25) is 0 Å². The van der Waals surface area contributed by atoms with E-state index in [1.165, 1.54) is 42.9 Å². The van der Waals surface area contributed by atoms with Gasteiger partial charge in [-0.25, -0.2) is 18.1 Å². The van der Waals surface area contributed by atoms with Crippen LogP contribution in [-0.4, -0.2) is 11.3 Å². The van der Waals surface area contributed by atoms with E-state index in [1.807, 2.05) is 0 Å². The quantitative estimate of drug-likeness (QED) is 0.262. The Kier molecular flexibility index (Phi) is 12.5. The van der Waals surface area contributed by atoms with Crippen molar-refractivity contribution in [2.75, 3.05) is 0 Å². The molecule has 2 aromatic carbocycles. The summed E-state index contributed by atoms with van der Waals surface area (Å²) in [5.41, 5.74) is 3.23. The first-order valence-electron chi connectivity index (χ1n) is 11.2. The van der Waals surface area contributed by atoms with Gasteiger partial charge in [-0.05, 0) is 36.5 Å². The number of fused-ring (bicyclic) bond motifs is 2. The van der Waals surface area contributed by atoms with E-state index in [0.29, 0.717) is 0 Å². The molecule has 0 N–H and O–H groups in total. The van der Waals surface area contributed by atoms with Crippen LogP contribution in [0.15, 0.2) is 60.2 Å². The van der Waals surface area contributed by atoms with Crippen molar-refractivity contribution >= 4 is 41.0 Å². The van der Waals surface area contributed by atoms with Crippen LogP contribution in [0.25, 0.3) is 10.8 Å². The van der Waals surface area contributed by atoms with Gasteiger partial charge in [0.1, 0.15) is 0 Å². The molecular formula is C26H35Cl2PZr. The molecule has 0 aromatic heterocycles. The topological polar surface area (TPSA) is 0 Å². The van der Waals surface area contributed by atoms with Crippen LogP contribution < -0.4 is 5.30 Å². The third kappa shape index (κ3) is 7.59. The second-order valence-corrected chi connectivity index (χ2v) is 15.0. The monoisotopic (exact) mass is 538 g/mol. The number of rotatable bonds is 5. The first-order chi connectivity index (χ1) is 14.5. The number of halogens is 2. The maximum absolute atomic E-state index is 4.93. The van der Waals surface area contributed by atoms with E-state index in [1.54, 1.807) is 10.9 Å². The van der Waals surface area contributed by atoms with E-state index in [9.17, 15) is 0 Å². The van der Waals surface area contributed by atoms with E-state index >= 15 is 0 Å². The molecule has 3 atom stereocenters. The molecule has 2 aliphatic rings. The summed E-state index contributed by atoms with van der Waals surface area (Å²) < 4.78 is 0. The molecule has 30 heavy (non-hydrogen) atoms. The van der Waals surface area contributed by atoms with Crippen molar-refractivity contribution < 1.29 is 20.8 Å². The molecule has 0 heterocycles. The average Bonchev–Trinajstić information content (AvgIpc) is 3.41. The summed E-state index contributed by atoms with van der Waals surface area (Å²) in [6.45, 7) is 9.50. The zero-order valence-electron chi connectivity index (χ0n) is 18.7. The summed E-state index contributed by atoms with van der Waals surface area (Å²) in [7, 11) is 9.84. The molecule has 4 rings (SSSR count). The van der Waals surface area contributed by atoms with Crippen LogP contribution in [0.1, 0.15) is 59.8 Å². The van der Waals surface area contributed by atoms with Crippen LogP contribution in [0.3, 0.4) is 0 Å². The van der Waals surface area contributed by atoms with Gasteiger partial charge in [-0.1, -0.05) is 48.1 Å². The summed E-state index contributed by atoms with van der Waals surface area (Å²) in [6, 6.07) is 13.6. The molecule has 0 aliphatic heterocycles. The number of benzene rings is 1. The molecule has 0 spiro atoms. The Labute approximate surface area is 204 Å². The molecule has 0 bridgehead atoms. The third-order valence-electron chi connectivity index (χ3n) is 6.24. The van der Waals surface area contributed by atoms with Gasteiger partial charge in [0.15, 0.2) is 0 Å². The molecule has 3 unspecified atom stereocenters. The van der Waals surface area contributed by atoms with Crippen LogP contribution in [0, 0.1) is 12.3 Å². The summed E-state index contributed by atoms with van der Waals surface area (Å²) in [4.78, 5) is 0. The van der Waals surface area contributed by atoms with Gasteiger partial charge in [-0.2, -0.15) is 6.07 Å². The Morgan fingerprint density at radius 2 is 1.80 bits per heavy atom. The van der Waals surface area contributed by atoms with Crippen molar-refractivity contribution in [2.45, 2.75) is 71.1 Å². The predicted octanol–water partition coefficient (Wildman–Crippen LogP) is 9.13. The Bertz CT molecular complexity index is 767. The SMILES string of the molecule is C1=CCC2CC[CH-]C2=C1.CCC(C)P(c1cc2ccccc2[cH-]1)C(C)CC.[Cl][Zr+2][Cl]. The minimum atomic E-state index is -0.826. The van der Waals surface area contributed by atoms with Crippen LogP contribution in [0.2, 0.25) is 0 Å². The molecule has 0 nitrogen and oxygen atoms in total. The molecule has 1 fully saturated rings. The van der Waals surface area contributed by atoms with Gasteiger partial charge in [-0.15, -0.1) is 58.9 Å². The molecule has 4 heteroatoms. The molecule has 0 saturated heterocycles. The van der Waals surface area contributed by atoms with E-state index in [2.05, 4.69) is 88.7 Å². The first kappa shape index (κ1) is 26.3. The second-order valence-electron chi connectivity index (χ2n) is 8.14. The van der Waals surface area contributed by atoms with Crippen molar-refractivity contribution in [1.29, 1.82) is 0 Å². The molecule has 162 valence electrons. The van der Waals surface area contributed by atoms with Crippen LogP contribution in [0.4, 0.5) is 0 Å². The Morgan fingerprint density at radius 1 is 1.13 bits per heavy atom. The van der Waals surface area contributed by atoms with Crippen LogP contribution >= 0.6 is 24.9 Å². The van der Waals surface area contributed by atoms with Gasteiger partial charge in [0.25, 0.3) is 0 Å². The zero-order valence-corrected chi connectivity index (χ0v) is 23.6. The molecule has 0 radical (unpaired) electrons. The Balaban J connectivity index is 0.000000220. The third-order valence-corrected chi connectivity index (χ3v) is 9.73. The Morgan fingerprint density at radius 3 is 2.40 bits per heavy atom. The number of hydrogen-bond donors (Lipinski definition) is 0. The fourth-order valence-electron chi connectivity index (χ4n) is 4.28. The van der Waals surface area contributed by atoms with Crippen molar-refractivity contribution in [3.8, 4) is 0 Å². The first-order valence-corrected chi connectivity index (χ1v) is 19.0. The predicted molar refractivity (Wildman–Crippen MR) is 136 cm³/mol. The van der Waals surface area contributed by atoms with E-state index in [4.69, 9.17) is 17.0 Å². The maximum atomic E-state index is 4.93.